The van der Waals surface area contributed by atoms with Crippen LogP contribution in [0.25, 0.3) is 0 Å². The number of halogens is 1. The van der Waals surface area contributed by atoms with Crippen LogP contribution in [0.2, 0.25) is 0 Å². The number of benzene rings is 1. The molecule has 0 amide bonds. The molecule has 0 saturated heterocycles. The number of nitrogens with zero attached hydrogens (tertiary/aromatic N) is 1. The summed E-state index contributed by atoms with van der Waals surface area (Å²) in [4.78, 5) is 16.7. The molecule has 0 unspecified atom stereocenters. The lowest BCUT2D eigenvalue weighted by atomic mass is 9.87. The van der Waals surface area contributed by atoms with E-state index in [0.717, 1.165) is 32.1 Å². The van der Waals surface area contributed by atoms with Gasteiger partial charge in [-0.15, -0.1) is 0 Å². The van der Waals surface area contributed by atoms with Crippen molar-refractivity contribution in [2.24, 2.45) is 5.16 Å². The van der Waals surface area contributed by atoms with Crippen LogP contribution >= 0.6 is 0 Å². The second-order valence-corrected chi connectivity index (χ2v) is 5.33. The van der Waals surface area contributed by atoms with Gasteiger partial charge in [-0.05, 0) is 44.7 Å². The molecular formula is C15H18FNO3. The molecule has 1 aliphatic carbocycles. The molecule has 0 bridgehead atoms. The summed E-state index contributed by atoms with van der Waals surface area (Å²) in [6.45, 7) is 1.91. The monoisotopic (exact) mass is 279 g/mol. The standard InChI is InChI=1S/C15H18FNO3/c1-15(9-5-2-6-10-15)20-17-13(14(18)19)11-7-3-4-8-12(11)16/h3-4,7-8H,2,5-6,9-10H2,1H3,(H,18,19). The van der Waals surface area contributed by atoms with E-state index in [1.807, 2.05) is 6.92 Å². The third kappa shape index (κ3) is 3.35. The van der Waals surface area contributed by atoms with E-state index in [1.165, 1.54) is 18.2 Å². The zero-order chi connectivity index (χ0) is 14.6. The lowest BCUT2D eigenvalue weighted by Gasteiger charge is -2.30. The Kier molecular flexibility index (Phi) is 4.37. The van der Waals surface area contributed by atoms with Gasteiger partial charge in [-0.3, -0.25) is 0 Å². The minimum Gasteiger partial charge on any atom is -0.476 e. The second kappa shape index (κ2) is 6.03. The van der Waals surface area contributed by atoms with Crippen LogP contribution in [0.3, 0.4) is 0 Å². The molecular weight excluding hydrogens is 261 g/mol. The Hall–Kier alpha value is -1.91. The van der Waals surface area contributed by atoms with E-state index in [-0.39, 0.29) is 5.56 Å². The highest BCUT2D eigenvalue weighted by atomic mass is 19.1. The van der Waals surface area contributed by atoms with Gasteiger partial charge in [0.25, 0.3) is 0 Å². The van der Waals surface area contributed by atoms with Gasteiger partial charge in [0.1, 0.15) is 11.4 Å². The molecule has 0 aliphatic heterocycles. The molecule has 1 saturated carbocycles. The first-order valence-corrected chi connectivity index (χ1v) is 6.76. The molecule has 0 radical (unpaired) electrons. The largest absolute Gasteiger partial charge is 0.476 e. The predicted molar refractivity (Wildman–Crippen MR) is 73.1 cm³/mol. The van der Waals surface area contributed by atoms with Crippen LogP contribution in [0.15, 0.2) is 29.4 Å². The summed E-state index contributed by atoms with van der Waals surface area (Å²) in [6.07, 6.45) is 4.89. The summed E-state index contributed by atoms with van der Waals surface area (Å²) in [7, 11) is 0. The number of carbonyl (C=O) groups is 1. The molecule has 1 fully saturated rings. The van der Waals surface area contributed by atoms with E-state index in [1.54, 1.807) is 6.07 Å². The average molecular weight is 279 g/mol. The number of oxime groups is 1. The molecule has 108 valence electrons. The molecule has 1 N–H and O–H groups in total. The van der Waals surface area contributed by atoms with Crippen molar-refractivity contribution in [3.05, 3.63) is 35.6 Å². The summed E-state index contributed by atoms with van der Waals surface area (Å²) < 4.78 is 13.7. The number of aliphatic carboxylic acids is 1. The van der Waals surface area contributed by atoms with Crippen molar-refractivity contribution in [3.63, 3.8) is 0 Å². The lowest BCUT2D eigenvalue weighted by Crippen LogP contribution is -2.30. The quantitative estimate of drug-likeness (QED) is 0.679. The number of carboxylic acid groups (broad SMARTS) is 1. The fraction of sp³-hybridized carbons (Fsp3) is 0.467. The number of rotatable bonds is 4. The van der Waals surface area contributed by atoms with Crippen molar-refractivity contribution in [1.82, 2.24) is 0 Å². The molecule has 2 rings (SSSR count). The Morgan fingerprint density at radius 3 is 2.55 bits per heavy atom. The number of hydrogen-bond acceptors (Lipinski definition) is 3. The topological polar surface area (TPSA) is 58.9 Å². The van der Waals surface area contributed by atoms with Gasteiger partial charge in [-0.25, -0.2) is 9.18 Å². The molecule has 0 spiro atoms. The molecule has 4 nitrogen and oxygen atoms in total. The summed E-state index contributed by atoms with van der Waals surface area (Å²) in [5, 5.41) is 12.9. The van der Waals surface area contributed by atoms with Crippen molar-refractivity contribution < 1.29 is 19.1 Å². The van der Waals surface area contributed by atoms with Crippen molar-refractivity contribution >= 4 is 11.7 Å². The maximum atomic E-state index is 13.7. The van der Waals surface area contributed by atoms with Gasteiger partial charge in [0.2, 0.25) is 0 Å². The third-order valence-corrected chi connectivity index (χ3v) is 3.60. The minimum atomic E-state index is -1.30. The Labute approximate surface area is 117 Å². The fourth-order valence-corrected chi connectivity index (χ4v) is 2.40. The molecule has 5 heteroatoms. The zero-order valence-electron chi connectivity index (χ0n) is 11.4. The van der Waals surface area contributed by atoms with E-state index in [9.17, 15) is 14.3 Å². The Morgan fingerprint density at radius 2 is 1.95 bits per heavy atom. The van der Waals surface area contributed by atoms with Crippen molar-refractivity contribution in [3.8, 4) is 0 Å². The lowest BCUT2D eigenvalue weighted by molar-refractivity contribution is -0.129. The number of carboxylic acids is 1. The molecule has 1 aromatic carbocycles. The van der Waals surface area contributed by atoms with Crippen LogP contribution in [0.1, 0.15) is 44.6 Å². The van der Waals surface area contributed by atoms with E-state index in [0.29, 0.717) is 0 Å². The normalized spacial score (nSPS) is 18.6. The third-order valence-electron chi connectivity index (χ3n) is 3.60. The van der Waals surface area contributed by atoms with Crippen molar-refractivity contribution in [2.45, 2.75) is 44.6 Å². The van der Waals surface area contributed by atoms with Gasteiger partial charge in [0, 0.05) is 5.56 Å². The van der Waals surface area contributed by atoms with Gasteiger partial charge in [0.05, 0.1) is 0 Å². The average Bonchev–Trinajstić information content (AvgIpc) is 2.41. The van der Waals surface area contributed by atoms with E-state index < -0.39 is 23.1 Å². The van der Waals surface area contributed by atoms with Crippen LogP contribution in [-0.2, 0) is 9.63 Å². The molecule has 1 aromatic rings. The van der Waals surface area contributed by atoms with Gasteiger partial charge in [0.15, 0.2) is 5.71 Å². The van der Waals surface area contributed by atoms with Gasteiger partial charge in [-0.2, -0.15) is 0 Å². The van der Waals surface area contributed by atoms with Crippen LogP contribution < -0.4 is 0 Å². The first-order valence-electron chi connectivity index (χ1n) is 6.76. The SMILES string of the molecule is CC1(ON=C(C(=O)O)c2ccccc2F)CCCCC1. The first-order chi connectivity index (χ1) is 9.52. The Morgan fingerprint density at radius 1 is 1.30 bits per heavy atom. The Bertz CT molecular complexity index is 522. The minimum absolute atomic E-state index is 0.0561. The molecule has 1 aliphatic rings. The van der Waals surface area contributed by atoms with E-state index in [4.69, 9.17) is 4.84 Å². The Balaban J connectivity index is 2.23. The smallest absolute Gasteiger partial charge is 0.358 e. The predicted octanol–water partition coefficient (Wildman–Crippen LogP) is 3.35. The van der Waals surface area contributed by atoms with Crippen LogP contribution in [0, 0.1) is 5.82 Å². The maximum Gasteiger partial charge on any atom is 0.358 e. The number of hydrogen-bond donors (Lipinski definition) is 1. The summed E-state index contributed by atoms with van der Waals surface area (Å²) in [6, 6.07) is 5.66. The van der Waals surface area contributed by atoms with Gasteiger partial charge < -0.3 is 9.94 Å². The summed E-state index contributed by atoms with van der Waals surface area (Å²) >= 11 is 0. The summed E-state index contributed by atoms with van der Waals surface area (Å²) in [5.74, 6) is -1.92. The molecule has 0 heterocycles. The first kappa shape index (κ1) is 14.5. The molecule has 0 atom stereocenters. The zero-order valence-corrected chi connectivity index (χ0v) is 11.4. The maximum absolute atomic E-state index is 13.7. The summed E-state index contributed by atoms with van der Waals surface area (Å²) in [5.41, 5.74) is -0.904. The molecule has 0 aromatic heterocycles. The highest BCUT2D eigenvalue weighted by Crippen LogP contribution is 2.31. The molecule has 20 heavy (non-hydrogen) atoms. The van der Waals surface area contributed by atoms with Crippen molar-refractivity contribution in [2.75, 3.05) is 0 Å². The van der Waals surface area contributed by atoms with Gasteiger partial charge in [-0.1, -0.05) is 23.7 Å². The van der Waals surface area contributed by atoms with E-state index in [2.05, 4.69) is 5.16 Å². The van der Waals surface area contributed by atoms with Crippen LogP contribution in [0.5, 0.6) is 0 Å². The second-order valence-electron chi connectivity index (χ2n) is 5.33. The van der Waals surface area contributed by atoms with Crippen molar-refractivity contribution in [1.29, 1.82) is 0 Å². The van der Waals surface area contributed by atoms with Gasteiger partial charge >= 0.3 is 5.97 Å². The highest BCUT2D eigenvalue weighted by Gasteiger charge is 2.30. The van der Waals surface area contributed by atoms with E-state index >= 15 is 0 Å². The fourth-order valence-electron chi connectivity index (χ4n) is 2.40. The van der Waals surface area contributed by atoms with Crippen LogP contribution in [-0.4, -0.2) is 22.4 Å². The van der Waals surface area contributed by atoms with Crippen LogP contribution in [0.4, 0.5) is 4.39 Å². The highest BCUT2D eigenvalue weighted by molar-refractivity contribution is 6.42.